The summed E-state index contributed by atoms with van der Waals surface area (Å²) in [5, 5.41) is 20.5. The normalized spacial score (nSPS) is 13.3. The van der Waals surface area contributed by atoms with Gasteiger partial charge in [0.05, 0.1) is 12.0 Å². The van der Waals surface area contributed by atoms with Crippen molar-refractivity contribution in [2.45, 2.75) is 483 Å². The lowest BCUT2D eigenvalue weighted by Gasteiger charge is -2.19. The highest BCUT2D eigenvalue weighted by Crippen LogP contribution is 2.24. The molecule has 0 radical (unpaired) electrons. The van der Waals surface area contributed by atoms with Crippen LogP contribution in [0, 0.1) is 17.8 Å². The molecule has 0 aromatic carbocycles. The minimum Gasteiger partial charge on any atom is -0.481 e. The van der Waals surface area contributed by atoms with Gasteiger partial charge in [-0.3, -0.25) is 9.59 Å². The fourth-order valence-corrected chi connectivity index (χ4v) is 13.8. The Morgan fingerprint density at radius 1 is 0.291 bits per heavy atom. The van der Waals surface area contributed by atoms with E-state index in [1.807, 2.05) is 0 Å². The maximum absolute atomic E-state index is 12.7. The number of carbonyl (C=O) groups is 2. The van der Waals surface area contributed by atoms with Crippen molar-refractivity contribution in [1.82, 2.24) is 0 Å². The fraction of sp³-hybridized carbons (Fsp3) is 0.951. The second kappa shape index (κ2) is 72.9. The largest absolute Gasteiger partial charge is 0.481 e. The van der Waals surface area contributed by atoms with E-state index < -0.39 is 18.0 Å². The molecule has 0 aromatic rings. The maximum Gasteiger partial charge on any atom is 0.309 e. The van der Waals surface area contributed by atoms with E-state index in [0.717, 1.165) is 50.9 Å². The molecular formula is C82H160O4. The van der Waals surface area contributed by atoms with E-state index >= 15 is 0 Å². The number of hydrogen-bond acceptors (Lipinski definition) is 3. The molecule has 4 nitrogen and oxygen atoms in total. The summed E-state index contributed by atoms with van der Waals surface area (Å²) in [5.41, 5.74) is 0. The van der Waals surface area contributed by atoms with E-state index in [0.29, 0.717) is 18.6 Å². The SMILES string of the molecule is CCCCCCCCCCCCCCCCCCCCCC[C@@H](C(=O)O)[C@H](O)CCCCCCCCCCCCCCCCC[C@@H](C)/C=C/CCCCCCCCCCCCCCCC(=O)[C@H](C)CCCCCCCCCCCCCCCCCC. The summed E-state index contributed by atoms with van der Waals surface area (Å²) in [6, 6.07) is 0. The summed E-state index contributed by atoms with van der Waals surface area (Å²) in [6.45, 7) is 9.20. The molecule has 0 aliphatic heterocycles. The minimum atomic E-state index is -0.804. The number of aliphatic carboxylic acids is 1. The summed E-state index contributed by atoms with van der Waals surface area (Å²) in [6.07, 6.45) is 97.2. The Kier molecular flexibility index (Phi) is 71.9. The molecule has 0 heterocycles. The van der Waals surface area contributed by atoms with Crippen molar-refractivity contribution in [2.75, 3.05) is 0 Å². The summed E-state index contributed by atoms with van der Waals surface area (Å²) in [5.74, 6) is 0.143. The second-order valence-electron chi connectivity index (χ2n) is 28.9. The molecular weight excluding hydrogens is 1050 g/mol. The van der Waals surface area contributed by atoms with Gasteiger partial charge in [0.25, 0.3) is 0 Å². The predicted molar refractivity (Wildman–Crippen MR) is 384 cm³/mol. The Hall–Kier alpha value is -1.16. The zero-order valence-electron chi connectivity index (χ0n) is 59.7. The van der Waals surface area contributed by atoms with Gasteiger partial charge in [0.2, 0.25) is 0 Å². The van der Waals surface area contributed by atoms with Crippen LogP contribution in [0.3, 0.4) is 0 Å². The topological polar surface area (TPSA) is 74.6 Å². The van der Waals surface area contributed by atoms with Crippen molar-refractivity contribution in [1.29, 1.82) is 0 Å². The van der Waals surface area contributed by atoms with Crippen LogP contribution in [0.25, 0.3) is 0 Å². The van der Waals surface area contributed by atoms with Crippen LogP contribution in [0.4, 0.5) is 0 Å². The first kappa shape index (κ1) is 84.8. The summed E-state index contributed by atoms with van der Waals surface area (Å²) in [7, 11) is 0. The van der Waals surface area contributed by atoms with E-state index in [4.69, 9.17) is 0 Å². The summed E-state index contributed by atoms with van der Waals surface area (Å²) in [4.78, 5) is 24.6. The zero-order valence-corrected chi connectivity index (χ0v) is 59.7. The number of aliphatic hydroxyl groups excluding tert-OH is 1. The molecule has 0 fully saturated rings. The molecule has 0 aliphatic rings. The molecule has 0 spiro atoms. The van der Waals surface area contributed by atoms with Crippen molar-refractivity contribution in [3.8, 4) is 0 Å². The number of hydrogen-bond donors (Lipinski definition) is 2. The Morgan fingerprint density at radius 2 is 0.523 bits per heavy atom. The Labute approximate surface area is 542 Å². The third-order valence-corrected chi connectivity index (χ3v) is 20.1. The molecule has 2 N–H and O–H groups in total. The molecule has 0 saturated carbocycles. The second-order valence-corrected chi connectivity index (χ2v) is 28.9. The minimum absolute atomic E-state index is 0.277. The smallest absolute Gasteiger partial charge is 0.309 e. The molecule has 86 heavy (non-hydrogen) atoms. The lowest BCUT2D eigenvalue weighted by Crippen LogP contribution is -2.28. The molecule has 4 heteroatoms. The number of carboxylic acids is 1. The van der Waals surface area contributed by atoms with Crippen LogP contribution in [0.5, 0.6) is 0 Å². The summed E-state index contributed by atoms with van der Waals surface area (Å²) >= 11 is 0. The van der Waals surface area contributed by atoms with Gasteiger partial charge in [-0.25, -0.2) is 0 Å². The number of ketones is 1. The fourth-order valence-electron chi connectivity index (χ4n) is 13.8. The highest BCUT2D eigenvalue weighted by molar-refractivity contribution is 5.80. The van der Waals surface area contributed by atoms with E-state index in [1.165, 1.54) is 392 Å². The lowest BCUT2D eigenvalue weighted by molar-refractivity contribution is -0.146. The first-order chi connectivity index (χ1) is 42.3. The predicted octanol–water partition coefficient (Wildman–Crippen LogP) is 28.8. The highest BCUT2D eigenvalue weighted by Gasteiger charge is 2.25. The average Bonchev–Trinajstić information content (AvgIpc) is 3.51. The number of carbonyl (C=O) groups excluding carboxylic acids is 1. The first-order valence-electron chi connectivity index (χ1n) is 40.4. The number of aliphatic hydroxyl groups is 1. The van der Waals surface area contributed by atoms with Gasteiger partial charge in [-0.1, -0.05) is 438 Å². The third-order valence-electron chi connectivity index (χ3n) is 20.1. The Morgan fingerprint density at radius 3 is 0.814 bits per heavy atom. The molecule has 0 saturated heterocycles. The van der Waals surface area contributed by atoms with Gasteiger partial charge < -0.3 is 10.2 Å². The van der Waals surface area contributed by atoms with Gasteiger partial charge in [-0.2, -0.15) is 0 Å². The molecule has 0 aliphatic carbocycles. The van der Waals surface area contributed by atoms with E-state index in [2.05, 4.69) is 39.8 Å². The monoisotopic (exact) mass is 1210 g/mol. The van der Waals surface area contributed by atoms with Gasteiger partial charge in [-0.05, 0) is 50.9 Å². The van der Waals surface area contributed by atoms with Gasteiger partial charge >= 0.3 is 5.97 Å². The third kappa shape index (κ3) is 67.2. The molecule has 0 aromatic heterocycles. The van der Waals surface area contributed by atoms with Crippen molar-refractivity contribution >= 4 is 11.8 Å². The van der Waals surface area contributed by atoms with Crippen LogP contribution in [0.2, 0.25) is 0 Å². The lowest BCUT2D eigenvalue weighted by atomic mass is 9.91. The van der Waals surface area contributed by atoms with E-state index in [1.54, 1.807) is 0 Å². The van der Waals surface area contributed by atoms with Gasteiger partial charge in [0.1, 0.15) is 5.78 Å². The maximum atomic E-state index is 12.7. The molecule has 4 atom stereocenters. The van der Waals surface area contributed by atoms with Crippen molar-refractivity contribution in [3.63, 3.8) is 0 Å². The highest BCUT2D eigenvalue weighted by atomic mass is 16.4. The standard InChI is InChI=1S/C82H160O4/c1-5-7-9-11-13-15-17-19-21-23-24-25-26-32-38-44-50-56-62-68-74-79(82(85)86)81(84)76-70-64-58-52-46-40-34-28-30-36-42-48-54-60-66-72-77(3)71-65-59-53-47-41-35-29-27-33-39-45-51-57-63-69-75-80(83)78(4)73-67-61-55-49-43-37-31-22-20-18-16-14-12-10-8-6-2/h65,71,77-79,81,84H,5-64,66-70,72-76H2,1-4H3,(H,85,86)/b71-65+/t77-,78+,79+,81+/m0/s1. The number of unbranched alkanes of at least 4 members (excludes halogenated alkanes) is 61. The van der Waals surface area contributed by atoms with Crippen molar-refractivity contribution in [2.24, 2.45) is 17.8 Å². The van der Waals surface area contributed by atoms with E-state index in [9.17, 15) is 19.8 Å². The van der Waals surface area contributed by atoms with E-state index in [-0.39, 0.29) is 5.92 Å². The molecule has 0 amide bonds. The van der Waals surface area contributed by atoms with Gasteiger partial charge in [0, 0.05) is 12.3 Å². The zero-order chi connectivity index (χ0) is 62.4. The van der Waals surface area contributed by atoms with Crippen molar-refractivity contribution < 1.29 is 19.8 Å². The van der Waals surface area contributed by atoms with Crippen LogP contribution in [-0.2, 0) is 9.59 Å². The van der Waals surface area contributed by atoms with Crippen LogP contribution >= 0.6 is 0 Å². The molecule has 512 valence electrons. The Bertz CT molecular complexity index is 1320. The quantitative estimate of drug-likeness (QED) is 0.0470. The number of Topliss-reactive ketones (excluding diaryl/α,β-unsaturated/α-hetero) is 1. The number of rotatable bonds is 76. The summed E-state index contributed by atoms with van der Waals surface area (Å²) < 4.78 is 0. The van der Waals surface area contributed by atoms with Crippen LogP contribution < -0.4 is 0 Å². The van der Waals surface area contributed by atoms with Crippen LogP contribution in [0.15, 0.2) is 12.2 Å². The number of carboxylic acid groups (broad SMARTS) is 1. The van der Waals surface area contributed by atoms with Crippen LogP contribution in [-0.4, -0.2) is 28.1 Å². The molecule has 0 bridgehead atoms. The molecule has 0 unspecified atom stereocenters. The van der Waals surface area contributed by atoms with Gasteiger partial charge in [0.15, 0.2) is 0 Å². The first-order valence-corrected chi connectivity index (χ1v) is 40.4. The van der Waals surface area contributed by atoms with Crippen LogP contribution in [0.1, 0.15) is 477 Å². The molecule has 0 rings (SSSR count). The number of allylic oxidation sites excluding steroid dienone is 2. The van der Waals surface area contributed by atoms with Crippen molar-refractivity contribution in [3.05, 3.63) is 12.2 Å². The average molecular weight is 1210 g/mol. The Balaban J connectivity index is 3.44. The van der Waals surface area contributed by atoms with Gasteiger partial charge in [-0.15, -0.1) is 0 Å².